The average molecular weight is 378 g/mol. The molecule has 20 heavy (non-hydrogen) atoms. The maximum atomic E-state index is 13.0. The Morgan fingerprint density at radius 1 is 1.50 bits per heavy atom. The number of rotatable bonds is 4. The normalized spacial score (nSPS) is 10.8. The summed E-state index contributed by atoms with van der Waals surface area (Å²) in [6.45, 7) is 0.386. The Morgan fingerprint density at radius 2 is 2.25 bits per heavy atom. The molecule has 0 aliphatic heterocycles. The monoisotopic (exact) mass is 376 g/mol. The summed E-state index contributed by atoms with van der Waals surface area (Å²) in [7, 11) is 1.60. The van der Waals surface area contributed by atoms with Gasteiger partial charge in [0.2, 0.25) is 0 Å². The molecule has 1 aromatic heterocycles. The Balaban J connectivity index is 2.36. The fourth-order valence-corrected chi connectivity index (χ4v) is 2.50. The van der Waals surface area contributed by atoms with E-state index in [9.17, 15) is 4.39 Å². The highest BCUT2D eigenvalue weighted by Crippen LogP contribution is 2.21. The second-order valence-electron chi connectivity index (χ2n) is 4.13. The molecule has 0 saturated heterocycles. The van der Waals surface area contributed by atoms with Crippen molar-refractivity contribution in [3.63, 3.8) is 0 Å². The molecule has 0 atom stereocenters. The fraction of sp³-hybridized carbons (Fsp3) is 0.231. The second-order valence-corrected chi connectivity index (χ2v) is 5.71. The lowest BCUT2D eigenvalue weighted by atomic mass is 10.1. The predicted molar refractivity (Wildman–Crippen MR) is 82.1 cm³/mol. The SMILES string of the molecule is COCc1[nH]c(Cc2ccc(F)cc2Cl)nc(=S)c1Br. The van der Waals surface area contributed by atoms with Gasteiger partial charge in [0.05, 0.1) is 16.8 Å². The van der Waals surface area contributed by atoms with Crippen LogP contribution in [0.15, 0.2) is 22.7 Å². The Morgan fingerprint density at radius 3 is 2.90 bits per heavy atom. The van der Waals surface area contributed by atoms with Crippen LogP contribution in [0.4, 0.5) is 4.39 Å². The molecule has 0 amide bonds. The summed E-state index contributed by atoms with van der Waals surface area (Å²) in [5, 5.41) is 0.363. The largest absolute Gasteiger partial charge is 0.378 e. The van der Waals surface area contributed by atoms with Crippen molar-refractivity contribution in [1.82, 2.24) is 9.97 Å². The molecule has 0 saturated carbocycles. The van der Waals surface area contributed by atoms with Crippen molar-refractivity contribution < 1.29 is 9.13 Å². The van der Waals surface area contributed by atoms with Crippen LogP contribution in [0.1, 0.15) is 17.1 Å². The number of hydrogen-bond acceptors (Lipinski definition) is 3. The van der Waals surface area contributed by atoms with Crippen LogP contribution in [0.3, 0.4) is 0 Å². The van der Waals surface area contributed by atoms with Crippen molar-refractivity contribution in [2.75, 3.05) is 7.11 Å². The summed E-state index contributed by atoms with van der Waals surface area (Å²) in [5.41, 5.74) is 1.58. The molecule has 106 valence electrons. The first kappa shape index (κ1) is 15.6. The summed E-state index contributed by atoms with van der Waals surface area (Å²) in [6, 6.07) is 4.28. The van der Waals surface area contributed by atoms with E-state index in [4.69, 9.17) is 28.6 Å². The minimum atomic E-state index is -0.365. The van der Waals surface area contributed by atoms with Gasteiger partial charge >= 0.3 is 0 Å². The van der Waals surface area contributed by atoms with Crippen molar-refractivity contribution in [3.05, 3.63) is 55.2 Å². The van der Waals surface area contributed by atoms with Crippen LogP contribution < -0.4 is 0 Å². The Kier molecular flexibility index (Phi) is 5.26. The number of nitrogens with one attached hydrogen (secondary N) is 1. The van der Waals surface area contributed by atoms with Gasteiger partial charge in [0.15, 0.2) is 0 Å². The van der Waals surface area contributed by atoms with Gasteiger partial charge in [-0.1, -0.05) is 29.9 Å². The lowest BCUT2D eigenvalue weighted by molar-refractivity contribution is 0.180. The summed E-state index contributed by atoms with van der Waals surface area (Å²) in [6.07, 6.45) is 0.437. The highest BCUT2D eigenvalue weighted by Gasteiger charge is 2.09. The summed E-state index contributed by atoms with van der Waals surface area (Å²) in [5.74, 6) is 0.286. The lowest BCUT2D eigenvalue weighted by Gasteiger charge is -2.09. The maximum Gasteiger partial charge on any atom is 0.144 e. The van der Waals surface area contributed by atoms with Crippen molar-refractivity contribution in [3.8, 4) is 0 Å². The summed E-state index contributed by atoms with van der Waals surface area (Å²) >= 11 is 14.6. The predicted octanol–water partition coefficient (Wildman–Crippen LogP) is 4.43. The van der Waals surface area contributed by atoms with E-state index in [1.165, 1.54) is 12.1 Å². The average Bonchev–Trinajstić information content (AvgIpc) is 2.39. The van der Waals surface area contributed by atoms with E-state index in [-0.39, 0.29) is 5.82 Å². The van der Waals surface area contributed by atoms with E-state index in [0.717, 1.165) is 11.3 Å². The number of benzene rings is 1. The van der Waals surface area contributed by atoms with Crippen LogP contribution >= 0.6 is 39.7 Å². The molecule has 0 aliphatic carbocycles. The number of aromatic amines is 1. The molecule has 0 spiro atoms. The molecule has 0 bridgehead atoms. The standard InChI is InChI=1S/C13H11BrClFN2OS/c1-19-6-10-12(14)13(20)18-11(17-10)4-7-2-3-8(16)5-9(7)15/h2-3,5H,4,6H2,1H3,(H,17,18,20). The molecule has 3 nitrogen and oxygen atoms in total. The second kappa shape index (κ2) is 6.76. The summed E-state index contributed by atoms with van der Waals surface area (Å²) < 4.78 is 19.3. The molecule has 1 N–H and O–H groups in total. The number of hydrogen-bond donors (Lipinski definition) is 1. The molecule has 0 aliphatic rings. The van der Waals surface area contributed by atoms with E-state index in [0.29, 0.717) is 33.0 Å². The summed E-state index contributed by atoms with van der Waals surface area (Å²) in [4.78, 5) is 7.42. The smallest absolute Gasteiger partial charge is 0.144 e. The first-order valence-electron chi connectivity index (χ1n) is 5.71. The minimum absolute atomic E-state index is 0.363. The van der Waals surface area contributed by atoms with E-state index in [1.807, 2.05) is 0 Å². The third-order valence-electron chi connectivity index (χ3n) is 2.65. The Bertz CT molecular complexity index is 693. The van der Waals surface area contributed by atoms with Gasteiger partial charge in [-0.3, -0.25) is 0 Å². The number of methoxy groups -OCH3 is 1. The van der Waals surface area contributed by atoms with Crippen LogP contribution in [-0.4, -0.2) is 17.1 Å². The maximum absolute atomic E-state index is 13.0. The number of nitrogens with zero attached hydrogens (tertiary/aromatic N) is 1. The number of H-pyrrole nitrogens is 1. The van der Waals surface area contributed by atoms with Crippen LogP contribution in [0, 0.1) is 10.5 Å². The Labute approximate surface area is 134 Å². The van der Waals surface area contributed by atoms with E-state index in [1.54, 1.807) is 13.2 Å². The van der Waals surface area contributed by atoms with E-state index < -0.39 is 0 Å². The molecule has 2 rings (SSSR count). The van der Waals surface area contributed by atoms with Gasteiger partial charge in [-0.05, 0) is 33.6 Å². The zero-order chi connectivity index (χ0) is 14.7. The molecule has 2 aromatic rings. The van der Waals surface area contributed by atoms with E-state index >= 15 is 0 Å². The van der Waals surface area contributed by atoms with Gasteiger partial charge in [-0.25, -0.2) is 9.37 Å². The van der Waals surface area contributed by atoms with Gasteiger partial charge in [0.25, 0.3) is 0 Å². The van der Waals surface area contributed by atoms with Crippen molar-refractivity contribution in [2.45, 2.75) is 13.0 Å². The topological polar surface area (TPSA) is 37.9 Å². The first-order valence-corrected chi connectivity index (χ1v) is 7.29. The van der Waals surface area contributed by atoms with Crippen LogP contribution in [0.5, 0.6) is 0 Å². The first-order chi connectivity index (χ1) is 9.51. The minimum Gasteiger partial charge on any atom is -0.378 e. The molecular formula is C13H11BrClFN2OS. The Hall–Kier alpha value is -0.820. The molecule has 1 heterocycles. The molecular weight excluding hydrogens is 367 g/mol. The van der Waals surface area contributed by atoms with Gasteiger partial charge in [0, 0.05) is 18.6 Å². The van der Waals surface area contributed by atoms with Crippen LogP contribution in [0.2, 0.25) is 5.02 Å². The zero-order valence-corrected chi connectivity index (χ0v) is 13.7. The van der Waals surface area contributed by atoms with Gasteiger partial charge in [-0.2, -0.15) is 0 Å². The van der Waals surface area contributed by atoms with Crippen molar-refractivity contribution >= 4 is 39.7 Å². The zero-order valence-electron chi connectivity index (χ0n) is 10.5. The number of aromatic nitrogens is 2. The van der Waals surface area contributed by atoms with Crippen LogP contribution in [-0.2, 0) is 17.8 Å². The number of halogens is 3. The van der Waals surface area contributed by atoms with Gasteiger partial charge < -0.3 is 9.72 Å². The van der Waals surface area contributed by atoms with Gasteiger partial charge in [0.1, 0.15) is 16.3 Å². The van der Waals surface area contributed by atoms with Crippen molar-refractivity contribution in [1.29, 1.82) is 0 Å². The molecule has 7 heteroatoms. The quantitative estimate of drug-likeness (QED) is 0.801. The third kappa shape index (κ3) is 3.63. The van der Waals surface area contributed by atoms with Crippen molar-refractivity contribution in [2.24, 2.45) is 0 Å². The molecule has 0 radical (unpaired) electrons. The molecule has 0 fully saturated rings. The highest BCUT2D eigenvalue weighted by atomic mass is 79.9. The molecule has 1 aromatic carbocycles. The van der Waals surface area contributed by atoms with Crippen LogP contribution in [0.25, 0.3) is 0 Å². The molecule has 0 unspecified atom stereocenters. The lowest BCUT2D eigenvalue weighted by Crippen LogP contribution is -2.04. The number of ether oxygens (including phenoxy) is 1. The van der Waals surface area contributed by atoms with E-state index in [2.05, 4.69) is 25.9 Å². The fourth-order valence-electron chi connectivity index (χ4n) is 1.73. The third-order valence-corrected chi connectivity index (χ3v) is 4.41. The van der Waals surface area contributed by atoms with Gasteiger partial charge in [-0.15, -0.1) is 0 Å². The highest BCUT2D eigenvalue weighted by molar-refractivity contribution is 9.10.